The van der Waals surface area contributed by atoms with E-state index >= 15 is 0 Å². The second-order valence-electron chi connectivity index (χ2n) is 6.45. The van der Waals surface area contributed by atoms with Gasteiger partial charge in [0.1, 0.15) is 5.75 Å². The van der Waals surface area contributed by atoms with Gasteiger partial charge in [0.25, 0.3) is 0 Å². The Morgan fingerprint density at radius 3 is 2.65 bits per heavy atom. The summed E-state index contributed by atoms with van der Waals surface area (Å²) in [5.41, 5.74) is 0.407. The third-order valence-corrected chi connectivity index (χ3v) is 4.09. The average molecular weight is 374 g/mol. The maximum atomic E-state index is 12.3. The molecule has 0 saturated carbocycles. The van der Waals surface area contributed by atoms with Crippen LogP contribution >= 0.6 is 0 Å². The summed E-state index contributed by atoms with van der Waals surface area (Å²) < 4.78 is 41.7. The van der Waals surface area contributed by atoms with E-state index in [-0.39, 0.29) is 24.8 Å². The highest BCUT2D eigenvalue weighted by Crippen LogP contribution is 2.23. The second kappa shape index (κ2) is 8.29. The van der Waals surface area contributed by atoms with Crippen LogP contribution in [0.4, 0.5) is 18.0 Å². The minimum Gasteiger partial charge on any atom is -0.484 e. The number of nitrogens with one attached hydrogen (secondary N) is 1. The highest BCUT2D eigenvalue weighted by Gasteiger charge is 2.32. The van der Waals surface area contributed by atoms with Crippen molar-refractivity contribution in [2.45, 2.75) is 26.1 Å². The van der Waals surface area contributed by atoms with E-state index in [2.05, 4.69) is 5.32 Å². The largest absolute Gasteiger partial charge is 0.484 e. The molecule has 0 spiro atoms. The van der Waals surface area contributed by atoms with Crippen LogP contribution in [-0.4, -0.2) is 47.9 Å². The van der Waals surface area contributed by atoms with Gasteiger partial charge in [-0.05, 0) is 18.4 Å². The van der Waals surface area contributed by atoms with Gasteiger partial charge in [-0.3, -0.25) is 4.79 Å². The normalized spacial score (nSPS) is 20.5. The maximum Gasteiger partial charge on any atom is 0.422 e. The molecule has 1 aliphatic rings. The maximum absolute atomic E-state index is 12.3. The molecule has 2 unspecified atom stereocenters. The van der Waals surface area contributed by atoms with E-state index in [9.17, 15) is 22.8 Å². The molecule has 2 amide bonds. The number of hydrogen-bond donors (Lipinski definition) is 2. The average Bonchev–Trinajstić information content (AvgIpc) is 2.57. The molecule has 26 heavy (non-hydrogen) atoms. The predicted molar refractivity (Wildman–Crippen MR) is 86.7 cm³/mol. The molecule has 1 saturated heterocycles. The zero-order valence-electron chi connectivity index (χ0n) is 14.3. The van der Waals surface area contributed by atoms with Crippen LogP contribution in [-0.2, 0) is 11.3 Å². The number of carboxylic acid groups (broad SMARTS) is 1. The Morgan fingerprint density at radius 2 is 2.00 bits per heavy atom. The van der Waals surface area contributed by atoms with Crippen molar-refractivity contribution in [1.82, 2.24) is 10.2 Å². The molecular weight excluding hydrogens is 353 g/mol. The molecule has 0 radical (unpaired) electrons. The summed E-state index contributed by atoms with van der Waals surface area (Å²) in [5.74, 6) is -1.47. The molecule has 0 aromatic heterocycles. The number of amides is 2. The van der Waals surface area contributed by atoms with Gasteiger partial charge in [-0.15, -0.1) is 0 Å². The molecule has 0 bridgehead atoms. The van der Waals surface area contributed by atoms with Gasteiger partial charge in [0, 0.05) is 25.2 Å². The Kier molecular flexibility index (Phi) is 6.33. The van der Waals surface area contributed by atoms with Gasteiger partial charge in [0.15, 0.2) is 6.61 Å². The number of carbonyl (C=O) groups is 2. The number of benzene rings is 1. The zero-order valence-corrected chi connectivity index (χ0v) is 14.3. The van der Waals surface area contributed by atoms with Gasteiger partial charge in [0.05, 0.1) is 5.92 Å². The van der Waals surface area contributed by atoms with E-state index in [1.807, 2.05) is 6.92 Å². The number of likely N-dealkylation sites (tertiary alicyclic amines) is 1. The number of rotatable bonds is 5. The van der Waals surface area contributed by atoms with Crippen LogP contribution in [0.15, 0.2) is 24.3 Å². The fourth-order valence-corrected chi connectivity index (χ4v) is 2.93. The van der Waals surface area contributed by atoms with E-state index in [1.165, 1.54) is 11.0 Å². The van der Waals surface area contributed by atoms with Crippen LogP contribution in [0.1, 0.15) is 18.9 Å². The number of para-hydroxylation sites is 1. The third-order valence-electron chi connectivity index (χ3n) is 4.09. The molecule has 2 N–H and O–H groups in total. The lowest BCUT2D eigenvalue weighted by Gasteiger charge is -2.34. The fraction of sp³-hybridized carbons (Fsp3) is 0.529. The lowest BCUT2D eigenvalue weighted by Crippen LogP contribution is -2.49. The number of carbonyl (C=O) groups excluding carboxylic acids is 1. The van der Waals surface area contributed by atoms with Crippen LogP contribution < -0.4 is 10.1 Å². The molecule has 0 aliphatic carbocycles. The van der Waals surface area contributed by atoms with E-state index < -0.39 is 30.7 Å². The Hall–Kier alpha value is -2.45. The Morgan fingerprint density at radius 1 is 1.31 bits per heavy atom. The number of ether oxygens (including phenoxy) is 1. The van der Waals surface area contributed by atoms with E-state index in [0.717, 1.165) is 0 Å². The summed E-state index contributed by atoms with van der Waals surface area (Å²) in [5, 5.41) is 11.8. The standard InChI is InChI=1S/C17H21F3N2O4/c1-11-6-13(15(23)24)9-22(8-11)16(25)21-7-12-4-2-3-5-14(12)26-10-17(18,19)20/h2-5,11,13H,6-10H2,1H3,(H,21,25)(H,23,24). The van der Waals surface area contributed by atoms with Crippen molar-refractivity contribution < 1.29 is 32.6 Å². The first kappa shape index (κ1) is 19.9. The van der Waals surface area contributed by atoms with Crippen LogP contribution in [0.3, 0.4) is 0 Å². The highest BCUT2D eigenvalue weighted by atomic mass is 19.4. The van der Waals surface area contributed by atoms with Gasteiger partial charge >= 0.3 is 18.2 Å². The minimum atomic E-state index is -4.45. The van der Waals surface area contributed by atoms with Crippen LogP contribution in [0.5, 0.6) is 5.75 Å². The lowest BCUT2D eigenvalue weighted by atomic mass is 9.91. The van der Waals surface area contributed by atoms with Gasteiger partial charge in [0.2, 0.25) is 0 Å². The number of aliphatic carboxylic acids is 1. The molecule has 6 nitrogen and oxygen atoms in total. The van der Waals surface area contributed by atoms with E-state index in [4.69, 9.17) is 9.84 Å². The molecule has 1 aliphatic heterocycles. The molecule has 1 fully saturated rings. The summed E-state index contributed by atoms with van der Waals surface area (Å²) in [6, 6.07) is 5.68. The summed E-state index contributed by atoms with van der Waals surface area (Å²) in [4.78, 5) is 24.9. The van der Waals surface area contributed by atoms with Gasteiger partial charge < -0.3 is 20.1 Å². The summed E-state index contributed by atoms with van der Waals surface area (Å²) in [7, 11) is 0. The number of carboxylic acids is 1. The number of hydrogen-bond acceptors (Lipinski definition) is 3. The monoisotopic (exact) mass is 374 g/mol. The highest BCUT2D eigenvalue weighted by molar-refractivity contribution is 5.76. The van der Waals surface area contributed by atoms with Gasteiger partial charge in [-0.25, -0.2) is 4.79 Å². The van der Waals surface area contributed by atoms with Crippen molar-refractivity contribution in [3.05, 3.63) is 29.8 Å². The molecule has 2 rings (SSSR count). The molecule has 1 aromatic rings. The van der Waals surface area contributed by atoms with Gasteiger partial charge in [-0.1, -0.05) is 25.1 Å². The topological polar surface area (TPSA) is 78.9 Å². The van der Waals surface area contributed by atoms with Gasteiger partial charge in [-0.2, -0.15) is 13.2 Å². The number of alkyl halides is 3. The SMILES string of the molecule is CC1CC(C(=O)O)CN(C(=O)NCc2ccccc2OCC(F)(F)F)C1. The first-order valence-corrected chi connectivity index (χ1v) is 8.18. The molecule has 144 valence electrons. The summed E-state index contributed by atoms with van der Waals surface area (Å²) in [6.45, 7) is 0.979. The predicted octanol–water partition coefficient (Wildman–Crippen LogP) is 2.88. The lowest BCUT2D eigenvalue weighted by molar-refractivity contribution is -0.153. The minimum absolute atomic E-state index is 0.0184. The Bertz CT molecular complexity index is 651. The molecule has 9 heteroatoms. The van der Waals surface area contributed by atoms with Crippen LogP contribution in [0, 0.1) is 11.8 Å². The number of nitrogens with zero attached hydrogens (tertiary/aromatic N) is 1. The van der Waals surface area contributed by atoms with Crippen molar-refractivity contribution in [3.8, 4) is 5.75 Å². The molecular formula is C17H21F3N2O4. The zero-order chi connectivity index (χ0) is 19.3. The summed E-state index contributed by atoms with van der Waals surface area (Å²) >= 11 is 0. The van der Waals surface area contributed by atoms with Crippen molar-refractivity contribution in [1.29, 1.82) is 0 Å². The molecule has 1 aromatic carbocycles. The van der Waals surface area contributed by atoms with E-state index in [1.54, 1.807) is 18.2 Å². The molecule has 1 heterocycles. The fourth-order valence-electron chi connectivity index (χ4n) is 2.93. The smallest absolute Gasteiger partial charge is 0.422 e. The Balaban J connectivity index is 1.96. The Labute approximate surface area is 148 Å². The van der Waals surface area contributed by atoms with Crippen molar-refractivity contribution in [2.24, 2.45) is 11.8 Å². The summed E-state index contributed by atoms with van der Waals surface area (Å²) in [6.07, 6.45) is -3.95. The first-order valence-electron chi connectivity index (χ1n) is 8.18. The number of halogens is 3. The van der Waals surface area contributed by atoms with Crippen molar-refractivity contribution >= 4 is 12.0 Å². The third kappa shape index (κ3) is 5.82. The van der Waals surface area contributed by atoms with Crippen molar-refractivity contribution in [2.75, 3.05) is 19.7 Å². The first-order chi connectivity index (χ1) is 12.2. The number of urea groups is 1. The molecule has 2 atom stereocenters. The van der Waals surface area contributed by atoms with Crippen LogP contribution in [0.2, 0.25) is 0 Å². The quantitative estimate of drug-likeness (QED) is 0.831. The number of piperidine rings is 1. The second-order valence-corrected chi connectivity index (χ2v) is 6.45. The van der Waals surface area contributed by atoms with Crippen molar-refractivity contribution in [3.63, 3.8) is 0 Å². The van der Waals surface area contributed by atoms with E-state index in [0.29, 0.717) is 18.5 Å². The van der Waals surface area contributed by atoms with Crippen LogP contribution in [0.25, 0.3) is 0 Å².